The second-order valence-electron chi connectivity index (χ2n) is 6.68. The minimum Gasteiger partial charge on any atom is -0.486 e. The molecule has 0 fully saturated rings. The molecule has 0 aliphatic heterocycles. The van der Waals surface area contributed by atoms with Gasteiger partial charge in [-0.1, -0.05) is 36.4 Å². The summed E-state index contributed by atoms with van der Waals surface area (Å²) in [5.74, 6) is -0.00505. The van der Waals surface area contributed by atoms with Crippen molar-refractivity contribution in [3.05, 3.63) is 95.6 Å². The van der Waals surface area contributed by atoms with Crippen LogP contribution in [-0.4, -0.2) is 11.0 Å². The van der Waals surface area contributed by atoms with Gasteiger partial charge in [0.15, 0.2) is 5.11 Å². The van der Waals surface area contributed by atoms with Crippen LogP contribution in [0.3, 0.4) is 0 Å². The average molecular weight is 444 g/mol. The molecule has 0 saturated heterocycles. The maximum atomic E-state index is 12.6. The molecule has 0 bridgehead atoms. The summed E-state index contributed by atoms with van der Waals surface area (Å²) >= 11 is 5.14. The number of carbonyl (C=O) groups is 1. The van der Waals surface area contributed by atoms with E-state index in [9.17, 15) is 18.0 Å². The first kappa shape index (κ1) is 22.3. The monoisotopic (exact) mass is 444 g/mol. The molecular formula is C23H19F3N2O2S. The topological polar surface area (TPSA) is 50.4 Å². The van der Waals surface area contributed by atoms with Crippen LogP contribution in [0.25, 0.3) is 0 Å². The van der Waals surface area contributed by atoms with E-state index in [0.717, 1.165) is 29.8 Å². The Balaban J connectivity index is 1.59. The van der Waals surface area contributed by atoms with Gasteiger partial charge in [0.2, 0.25) is 0 Å². The van der Waals surface area contributed by atoms with E-state index < -0.39 is 17.6 Å². The lowest BCUT2D eigenvalue weighted by atomic mass is 10.1. The molecule has 3 rings (SSSR count). The Hall–Kier alpha value is -3.39. The van der Waals surface area contributed by atoms with Crippen LogP contribution >= 0.6 is 12.2 Å². The van der Waals surface area contributed by atoms with Gasteiger partial charge in [-0.2, -0.15) is 13.2 Å². The fourth-order valence-corrected chi connectivity index (χ4v) is 3.00. The Morgan fingerprint density at radius 3 is 2.29 bits per heavy atom. The van der Waals surface area contributed by atoms with Gasteiger partial charge in [0.25, 0.3) is 5.91 Å². The second-order valence-corrected chi connectivity index (χ2v) is 7.09. The summed E-state index contributed by atoms with van der Waals surface area (Å²) < 4.78 is 43.9. The summed E-state index contributed by atoms with van der Waals surface area (Å²) in [5, 5.41) is 5.33. The van der Waals surface area contributed by atoms with Gasteiger partial charge >= 0.3 is 6.18 Å². The van der Waals surface area contributed by atoms with E-state index in [-0.39, 0.29) is 16.8 Å². The number of amides is 1. The third kappa shape index (κ3) is 6.29. The first-order valence-electron chi connectivity index (χ1n) is 9.33. The Morgan fingerprint density at radius 2 is 1.65 bits per heavy atom. The van der Waals surface area contributed by atoms with Crippen LogP contribution in [0.2, 0.25) is 0 Å². The molecule has 0 aliphatic carbocycles. The van der Waals surface area contributed by atoms with Crippen molar-refractivity contribution in [2.75, 3.05) is 5.32 Å². The zero-order valence-corrected chi connectivity index (χ0v) is 17.3. The molecular weight excluding hydrogens is 425 g/mol. The number of hydrogen-bond acceptors (Lipinski definition) is 3. The quantitative estimate of drug-likeness (QED) is 0.476. The smallest absolute Gasteiger partial charge is 0.416 e. The standard InChI is InChI=1S/C23H19F3N2O2S/c1-15(16-6-3-2-4-7-16)30-20-9-5-8-19(14-20)27-22(31)28-21(29)17-10-12-18(13-11-17)23(24,25)26/h2-15H,1H3,(H2,27,28,29,31)/t15-/m1/s1. The number of carbonyl (C=O) groups excluding carboxylic acids is 1. The molecule has 3 aromatic carbocycles. The lowest BCUT2D eigenvalue weighted by Gasteiger charge is -2.16. The fraction of sp³-hybridized carbons (Fsp3) is 0.130. The summed E-state index contributed by atoms with van der Waals surface area (Å²) in [4.78, 5) is 12.2. The van der Waals surface area contributed by atoms with Gasteiger partial charge in [-0.3, -0.25) is 10.1 Å². The van der Waals surface area contributed by atoms with E-state index >= 15 is 0 Å². The predicted octanol–water partition coefficient (Wildman–Crippen LogP) is 5.97. The third-order valence-corrected chi connectivity index (χ3v) is 4.58. The summed E-state index contributed by atoms with van der Waals surface area (Å²) in [6.45, 7) is 1.93. The summed E-state index contributed by atoms with van der Waals surface area (Å²) in [7, 11) is 0. The predicted molar refractivity (Wildman–Crippen MR) is 117 cm³/mol. The van der Waals surface area contributed by atoms with E-state index in [1.807, 2.05) is 37.3 Å². The molecule has 0 aliphatic rings. The highest BCUT2D eigenvalue weighted by molar-refractivity contribution is 7.80. The van der Waals surface area contributed by atoms with Crippen molar-refractivity contribution in [1.29, 1.82) is 0 Å². The minimum absolute atomic E-state index is 0.0122. The van der Waals surface area contributed by atoms with Crippen molar-refractivity contribution in [2.24, 2.45) is 0 Å². The molecule has 4 nitrogen and oxygen atoms in total. The molecule has 31 heavy (non-hydrogen) atoms. The molecule has 0 radical (unpaired) electrons. The van der Waals surface area contributed by atoms with Crippen molar-refractivity contribution in [2.45, 2.75) is 19.2 Å². The largest absolute Gasteiger partial charge is 0.486 e. The zero-order valence-electron chi connectivity index (χ0n) is 16.4. The molecule has 0 aromatic heterocycles. The third-order valence-electron chi connectivity index (χ3n) is 4.38. The van der Waals surface area contributed by atoms with Gasteiger partial charge in [-0.15, -0.1) is 0 Å². The summed E-state index contributed by atoms with van der Waals surface area (Å²) in [5.41, 5.74) is 0.855. The van der Waals surface area contributed by atoms with E-state index in [2.05, 4.69) is 10.6 Å². The number of nitrogens with one attached hydrogen (secondary N) is 2. The van der Waals surface area contributed by atoms with Crippen LogP contribution in [0.1, 0.15) is 34.5 Å². The molecule has 1 atom stereocenters. The number of rotatable bonds is 5. The van der Waals surface area contributed by atoms with Crippen molar-refractivity contribution in [1.82, 2.24) is 5.32 Å². The number of ether oxygens (including phenoxy) is 1. The highest BCUT2D eigenvalue weighted by Crippen LogP contribution is 2.29. The molecule has 3 aromatic rings. The van der Waals surface area contributed by atoms with Gasteiger partial charge in [0.1, 0.15) is 11.9 Å². The lowest BCUT2D eigenvalue weighted by molar-refractivity contribution is -0.137. The fourth-order valence-electron chi connectivity index (χ4n) is 2.79. The highest BCUT2D eigenvalue weighted by Gasteiger charge is 2.30. The van der Waals surface area contributed by atoms with Crippen molar-refractivity contribution >= 4 is 28.9 Å². The van der Waals surface area contributed by atoms with Gasteiger partial charge in [0, 0.05) is 17.3 Å². The van der Waals surface area contributed by atoms with E-state index in [1.165, 1.54) is 0 Å². The number of anilines is 1. The van der Waals surface area contributed by atoms with E-state index in [0.29, 0.717) is 11.4 Å². The van der Waals surface area contributed by atoms with Crippen LogP contribution in [0.4, 0.5) is 18.9 Å². The van der Waals surface area contributed by atoms with Gasteiger partial charge in [-0.25, -0.2) is 0 Å². The molecule has 0 saturated carbocycles. The lowest BCUT2D eigenvalue weighted by Crippen LogP contribution is -2.34. The maximum Gasteiger partial charge on any atom is 0.416 e. The number of alkyl halides is 3. The molecule has 8 heteroatoms. The molecule has 0 unspecified atom stereocenters. The van der Waals surface area contributed by atoms with Crippen molar-refractivity contribution < 1.29 is 22.7 Å². The zero-order chi connectivity index (χ0) is 22.4. The van der Waals surface area contributed by atoms with Crippen LogP contribution in [0, 0.1) is 0 Å². The number of thiocarbonyl (C=S) groups is 1. The molecule has 0 heterocycles. The van der Waals surface area contributed by atoms with Crippen molar-refractivity contribution in [3.63, 3.8) is 0 Å². The van der Waals surface area contributed by atoms with Crippen LogP contribution in [0.5, 0.6) is 5.75 Å². The van der Waals surface area contributed by atoms with E-state index in [4.69, 9.17) is 17.0 Å². The first-order valence-corrected chi connectivity index (χ1v) is 9.74. The minimum atomic E-state index is -4.46. The van der Waals surface area contributed by atoms with Gasteiger partial charge in [-0.05, 0) is 61.1 Å². The normalized spacial score (nSPS) is 12.0. The first-order chi connectivity index (χ1) is 14.7. The highest BCUT2D eigenvalue weighted by atomic mass is 32.1. The molecule has 0 spiro atoms. The molecule has 2 N–H and O–H groups in total. The van der Waals surface area contributed by atoms with Crippen LogP contribution in [-0.2, 0) is 6.18 Å². The molecule has 1 amide bonds. The van der Waals surface area contributed by atoms with Gasteiger partial charge < -0.3 is 10.1 Å². The Kier molecular flexibility index (Phi) is 6.91. The Labute approximate surface area is 183 Å². The van der Waals surface area contributed by atoms with Crippen molar-refractivity contribution in [3.8, 4) is 5.75 Å². The van der Waals surface area contributed by atoms with Gasteiger partial charge in [0.05, 0.1) is 5.56 Å². The average Bonchev–Trinajstić information content (AvgIpc) is 2.74. The number of halogens is 3. The van der Waals surface area contributed by atoms with Crippen LogP contribution < -0.4 is 15.4 Å². The summed E-state index contributed by atoms with van der Waals surface area (Å²) in [6, 6.07) is 20.7. The van der Waals surface area contributed by atoms with E-state index in [1.54, 1.807) is 24.3 Å². The Morgan fingerprint density at radius 1 is 0.968 bits per heavy atom. The SMILES string of the molecule is C[C@@H](Oc1cccc(NC(=S)NC(=O)c2ccc(C(F)(F)F)cc2)c1)c1ccccc1. The number of hydrogen-bond donors (Lipinski definition) is 2. The molecule has 160 valence electrons. The number of benzene rings is 3. The Bertz CT molecular complexity index is 1050. The second kappa shape index (κ2) is 9.61. The maximum absolute atomic E-state index is 12.6. The summed E-state index contributed by atoms with van der Waals surface area (Å²) in [6.07, 6.45) is -4.63. The van der Waals surface area contributed by atoms with Crippen LogP contribution in [0.15, 0.2) is 78.9 Å².